The molecule has 3 aromatic rings. The lowest BCUT2D eigenvalue weighted by Gasteiger charge is -2.19. The van der Waals surface area contributed by atoms with Crippen LogP contribution in [0.4, 0.5) is 0 Å². The molecule has 3 aromatic carbocycles. The lowest BCUT2D eigenvalue weighted by atomic mass is 9.85. The summed E-state index contributed by atoms with van der Waals surface area (Å²) in [6.07, 6.45) is 3.90. The zero-order chi connectivity index (χ0) is 15.7. The predicted molar refractivity (Wildman–Crippen MR) is 99.0 cm³/mol. The minimum atomic E-state index is 1.16. The molecule has 0 aliphatic rings. The predicted octanol–water partition coefficient (Wildman–Crippen LogP) is 6.41. The summed E-state index contributed by atoms with van der Waals surface area (Å²) >= 11 is 0. The molecule has 0 nitrogen and oxygen atoms in total. The number of hydrogen-bond donors (Lipinski definition) is 0. The Kier molecular flexibility index (Phi) is 3.68. The number of rotatable bonds is 3. The van der Waals surface area contributed by atoms with Gasteiger partial charge in [-0.1, -0.05) is 73.8 Å². The summed E-state index contributed by atoms with van der Waals surface area (Å²) in [5.41, 5.74) is 7.43. The van der Waals surface area contributed by atoms with E-state index < -0.39 is 0 Å². The molecule has 0 saturated carbocycles. The minimum absolute atomic E-state index is 1.16. The molecule has 22 heavy (non-hydrogen) atoms. The van der Waals surface area contributed by atoms with E-state index in [0.717, 1.165) is 5.56 Å². The van der Waals surface area contributed by atoms with Crippen LogP contribution in [0.5, 0.6) is 0 Å². The largest absolute Gasteiger partial charge is 0.0984 e. The van der Waals surface area contributed by atoms with Crippen molar-refractivity contribution in [2.45, 2.75) is 13.8 Å². The monoisotopic (exact) mass is 284 g/mol. The molecule has 0 radical (unpaired) electrons. The van der Waals surface area contributed by atoms with Crippen LogP contribution in [0.15, 0.2) is 61.7 Å². The normalized spacial score (nSPS) is 10.6. The average molecular weight is 284 g/mol. The third-order valence-electron chi connectivity index (χ3n) is 4.38. The van der Waals surface area contributed by atoms with Gasteiger partial charge in [0.25, 0.3) is 0 Å². The minimum Gasteiger partial charge on any atom is -0.0984 e. The second kappa shape index (κ2) is 5.65. The molecule has 0 heteroatoms. The second-order valence-corrected chi connectivity index (χ2v) is 5.60. The topological polar surface area (TPSA) is 0 Å². The summed E-state index contributed by atoms with van der Waals surface area (Å²) < 4.78 is 0. The lowest BCUT2D eigenvalue weighted by Crippen LogP contribution is -1.96. The molecule has 0 unspecified atom stereocenters. The summed E-state index contributed by atoms with van der Waals surface area (Å²) in [5.74, 6) is 0. The van der Waals surface area contributed by atoms with E-state index in [1.807, 2.05) is 12.2 Å². The summed E-state index contributed by atoms with van der Waals surface area (Å²) in [7, 11) is 0. The molecule has 0 bridgehead atoms. The molecule has 0 amide bonds. The number of fused-ring (bicyclic) bond motifs is 1. The van der Waals surface area contributed by atoms with E-state index in [0.29, 0.717) is 0 Å². The maximum atomic E-state index is 4.06. The van der Waals surface area contributed by atoms with Crippen LogP contribution in [0.25, 0.3) is 34.1 Å². The third kappa shape index (κ3) is 2.08. The molecule has 0 aliphatic carbocycles. The van der Waals surface area contributed by atoms with Crippen molar-refractivity contribution in [2.75, 3.05) is 0 Å². The van der Waals surface area contributed by atoms with E-state index in [2.05, 4.69) is 75.5 Å². The summed E-state index contributed by atoms with van der Waals surface area (Å²) in [6, 6.07) is 17.0. The lowest BCUT2D eigenvalue weighted by molar-refractivity contribution is 1.42. The quantitative estimate of drug-likeness (QED) is 0.521. The Morgan fingerprint density at radius 1 is 0.727 bits per heavy atom. The van der Waals surface area contributed by atoms with Gasteiger partial charge in [0.15, 0.2) is 0 Å². The third-order valence-corrected chi connectivity index (χ3v) is 4.38. The van der Waals surface area contributed by atoms with Crippen LogP contribution in [-0.2, 0) is 0 Å². The molecule has 0 spiro atoms. The van der Waals surface area contributed by atoms with Crippen molar-refractivity contribution >= 4 is 22.9 Å². The van der Waals surface area contributed by atoms with Crippen LogP contribution >= 0.6 is 0 Å². The van der Waals surface area contributed by atoms with Crippen LogP contribution in [-0.4, -0.2) is 0 Å². The van der Waals surface area contributed by atoms with Crippen molar-refractivity contribution in [2.24, 2.45) is 0 Å². The van der Waals surface area contributed by atoms with Crippen molar-refractivity contribution in [3.8, 4) is 11.1 Å². The van der Waals surface area contributed by atoms with Gasteiger partial charge in [0.1, 0.15) is 0 Å². The fourth-order valence-corrected chi connectivity index (χ4v) is 3.29. The highest BCUT2D eigenvalue weighted by atomic mass is 14.2. The van der Waals surface area contributed by atoms with Crippen LogP contribution in [0.2, 0.25) is 0 Å². The van der Waals surface area contributed by atoms with Crippen molar-refractivity contribution in [1.29, 1.82) is 0 Å². The summed E-state index contributed by atoms with van der Waals surface area (Å²) in [4.78, 5) is 0. The fraction of sp³-hybridized carbons (Fsp3) is 0.0909. The maximum absolute atomic E-state index is 4.06. The molecule has 0 N–H and O–H groups in total. The van der Waals surface area contributed by atoms with Gasteiger partial charge in [-0.25, -0.2) is 0 Å². The first-order valence-corrected chi connectivity index (χ1v) is 7.55. The number of benzene rings is 3. The van der Waals surface area contributed by atoms with Gasteiger partial charge in [-0.15, -0.1) is 0 Å². The van der Waals surface area contributed by atoms with E-state index in [9.17, 15) is 0 Å². The van der Waals surface area contributed by atoms with Gasteiger partial charge in [0.2, 0.25) is 0 Å². The Labute approximate surface area is 132 Å². The number of aryl methyl sites for hydroxylation is 2. The fourth-order valence-electron chi connectivity index (χ4n) is 3.29. The maximum Gasteiger partial charge on any atom is -0.00673 e. The van der Waals surface area contributed by atoms with Crippen LogP contribution < -0.4 is 0 Å². The molecular formula is C22H20. The standard InChI is InChI=1S/C22H20/c1-5-17-18(6-2)22(19-12-8-7-11-15(19)3)16(4)20-13-9-10-14-21(17)20/h5-14H,1-2H2,3-4H3. The first kappa shape index (κ1) is 14.3. The second-order valence-electron chi connectivity index (χ2n) is 5.60. The van der Waals surface area contributed by atoms with E-state index in [1.165, 1.54) is 38.6 Å². The molecule has 0 saturated heterocycles. The van der Waals surface area contributed by atoms with E-state index in [-0.39, 0.29) is 0 Å². The first-order chi connectivity index (χ1) is 10.7. The Bertz CT molecular complexity index is 882. The van der Waals surface area contributed by atoms with Gasteiger partial charge >= 0.3 is 0 Å². The Balaban J connectivity index is 2.54. The van der Waals surface area contributed by atoms with Gasteiger partial charge in [-0.05, 0) is 58.0 Å². The van der Waals surface area contributed by atoms with Crippen LogP contribution in [0.3, 0.4) is 0 Å². The highest BCUT2D eigenvalue weighted by Crippen LogP contribution is 2.39. The Hall–Kier alpha value is -2.60. The molecule has 0 atom stereocenters. The molecular weight excluding hydrogens is 264 g/mol. The average Bonchev–Trinajstić information content (AvgIpc) is 2.55. The van der Waals surface area contributed by atoms with E-state index >= 15 is 0 Å². The van der Waals surface area contributed by atoms with E-state index in [1.54, 1.807) is 0 Å². The van der Waals surface area contributed by atoms with Crippen molar-refractivity contribution in [3.05, 3.63) is 83.9 Å². The van der Waals surface area contributed by atoms with Gasteiger partial charge in [-0.2, -0.15) is 0 Å². The number of hydrogen-bond acceptors (Lipinski definition) is 0. The molecule has 0 heterocycles. The summed E-state index contributed by atoms with van der Waals surface area (Å²) in [5, 5.41) is 2.52. The zero-order valence-corrected chi connectivity index (χ0v) is 13.2. The van der Waals surface area contributed by atoms with Gasteiger partial charge in [0.05, 0.1) is 0 Å². The van der Waals surface area contributed by atoms with Gasteiger partial charge in [0, 0.05) is 0 Å². The highest BCUT2D eigenvalue weighted by Gasteiger charge is 2.15. The highest BCUT2D eigenvalue weighted by molar-refractivity contribution is 6.02. The zero-order valence-electron chi connectivity index (χ0n) is 13.2. The molecule has 0 aliphatic heterocycles. The Morgan fingerprint density at radius 2 is 1.32 bits per heavy atom. The SMILES string of the molecule is C=Cc1c(-c2ccccc2C)c(C)c2ccccc2c1C=C. The first-order valence-electron chi connectivity index (χ1n) is 7.55. The smallest absolute Gasteiger partial charge is 0.00673 e. The summed E-state index contributed by atoms with van der Waals surface area (Å²) in [6.45, 7) is 12.4. The van der Waals surface area contributed by atoms with Crippen LogP contribution in [0, 0.1) is 13.8 Å². The van der Waals surface area contributed by atoms with Crippen molar-refractivity contribution in [1.82, 2.24) is 0 Å². The van der Waals surface area contributed by atoms with Crippen LogP contribution in [0.1, 0.15) is 22.3 Å². The van der Waals surface area contributed by atoms with Crippen molar-refractivity contribution < 1.29 is 0 Å². The van der Waals surface area contributed by atoms with Gasteiger partial charge in [-0.3, -0.25) is 0 Å². The van der Waals surface area contributed by atoms with E-state index in [4.69, 9.17) is 0 Å². The Morgan fingerprint density at radius 3 is 1.95 bits per heavy atom. The molecule has 3 rings (SSSR count). The van der Waals surface area contributed by atoms with Gasteiger partial charge < -0.3 is 0 Å². The molecule has 0 fully saturated rings. The molecule has 0 aromatic heterocycles. The molecule has 108 valence electrons. The van der Waals surface area contributed by atoms with Crippen molar-refractivity contribution in [3.63, 3.8) is 0 Å².